The average Bonchev–Trinajstić information content (AvgIpc) is 2.04. The Kier molecular flexibility index (Phi) is 2.79. The van der Waals surface area contributed by atoms with Crippen molar-refractivity contribution in [3.8, 4) is 0 Å². The van der Waals surface area contributed by atoms with Gasteiger partial charge in [-0.2, -0.15) is 0 Å². The summed E-state index contributed by atoms with van der Waals surface area (Å²) in [4.78, 5) is 0. The summed E-state index contributed by atoms with van der Waals surface area (Å²) >= 11 is 0. The van der Waals surface area contributed by atoms with Crippen LogP contribution < -0.4 is 10.6 Å². The van der Waals surface area contributed by atoms with E-state index in [1.54, 1.807) is 5.57 Å². The van der Waals surface area contributed by atoms with Crippen LogP contribution >= 0.6 is 0 Å². The van der Waals surface area contributed by atoms with Crippen molar-refractivity contribution in [1.29, 1.82) is 0 Å². The number of hydrogen-bond donors (Lipinski definition) is 2. The molecule has 0 saturated heterocycles. The quantitative estimate of drug-likeness (QED) is 0.612. The average molecular weight is 166 g/mol. The van der Waals surface area contributed by atoms with Gasteiger partial charge in [0.2, 0.25) is 0 Å². The Labute approximate surface area is 74.4 Å². The van der Waals surface area contributed by atoms with Crippen molar-refractivity contribution in [1.82, 2.24) is 10.6 Å². The second-order valence-corrected chi connectivity index (χ2v) is 3.83. The lowest BCUT2D eigenvalue weighted by molar-refractivity contribution is 0.347. The Morgan fingerprint density at radius 3 is 3.00 bits per heavy atom. The smallest absolute Gasteiger partial charge is 0.0168 e. The van der Waals surface area contributed by atoms with Crippen LogP contribution in [0.3, 0.4) is 0 Å². The lowest BCUT2D eigenvalue weighted by Gasteiger charge is -2.27. The van der Waals surface area contributed by atoms with E-state index in [1.807, 2.05) is 0 Å². The Bertz CT molecular complexity index is 171. The third-order valence-corrected chi connectivity index (χ3v) is 2.88. The Morgan fingerprint density at radius 1 is 1.50 bits per heavy atom. The van der Waals surface area contributed by atoms with Gasteiger partial charge < -0.3 is 10.6 Å². The highest BCUT2D eigenvalue weighted by molar-refractivity contribution is 5.09. The molecule has 1 fully saturated rings. The first-order valence-corrected chi connectivity index (χ1v) is 5.07. The van der Waals surface area contributed by atoms with Crippen molar-refractivity contribution >= 4 is 0 Å². The molecule has 1 saturated carbocycles. The van der Waals surface area contributed by atoms with Crippen molar-refractivity contribution in [2.24, 2.45) is 0 Å². The first-order valence-electron chi connectivity index (χ1n) is 5.07. The minimum Gasteiger partial charge on any atom is -0.313 e. The molecule has 2 heteroatoms. The molecule has 2 aliphatic rings. The molecular weight excluding hydrogens is 148 g/mol. The van der Waals surface area contributed by atoms with Crippen molar-refractivity contribution in [2.45, 2.75) is 31.7 Å². The lowest BCUT2D eigenvalue weighted by Crippen LogP contribution is -2.37. The maximum Gasteiger partial charge on any atom is 0.0168 e. The van der Waals surface area contributed by atoms with Crippen molar-refractivity contribution in [3.63, 3.8) is 0 Å². The van der Waals surface area contributed by atoms with E-state index in [0.717, 1.165) is 25.7 Å². The van der Waals surface area contributed by atoms with Crippen molar-refractivity contribution < 1.29 is 0 Å². The molecular formula is C10H18N2. The maximum absolute atomic E-state index is 3.59. The predicted molar refractivity (Wildman–Crippen MR) is 51.2 cm³/mol. The zero-order valence-corrected chi connectivity index (χ0v) is 7.60. The van der Waals surface area contributed by atoms with Gasteiger partial charge in [-0.25, -0.2) is 0 Å². The van der Waals surface area contributed by atoms with Gasteiger partial charge in [-0.15, -0.1) is 0 Å². The molecule has 0 radical (unpaired) electrons. The molecule has 0 spiro atoms. The van der Waals surface area contributed by atoms with E-state index in [4.69, 9.17) is 0 Å². The van der Waals surface area contributed by atoms with E-state index in [1.165, 1.54) is 25.7 Å². The molecule has 68 valence electrons. The zero-order chi connectivity index (χ0) is 8.23. The molecule has 2 rings (SSSR count). The Hall–Kier alpha value is -0.340. The standard InChI is InChI=1S/C10H18N2/c1-2-10(3-1)12-8-9-4-6-11-7-5-9/h4,10-12H,1-3,5-8H2. The van der Waals surface area contributed by atoms with Gasteiger partial charge in [0.25, 0.3) is 0 Å². The summed E-state index contributed by atoms with van der Waals surface area (Å²) in [5.41, 5.74) is 1.60. The normalized spacial score (nSPS) is 24.8. The van der Waals surface area contributed by atoms with Crippen LogP contribution in [0.15, 0.2) is 11.6 Å². The highest BCUT2D eigenvalue weighted by Gasteiger charge is 2.16. The maximum atomic E-state index is 3.59. The van der Waals surface area contributed by atoms with Gasteiger partial charge in [-0.1, -0.05) is 18.1 Å². The molecule has 1 aliphatic carbocycles. The Balaban J connectivity index is 1.67. The molecule has 0 bridgehead atoms. The molecule has 2 nitrogen and oxygen atoms in total. The van der Waals surface area contributed by atoms with Gasteiger partial charge in [0.1, 0.15) is 0 Å². The minimum atomic E-state index is 0.834. The van der Waals surface area contributed by atoms with Crippen LogP contribution in [-0.2, 0) is 0 Å². The van der Waals surface area contributed by atoms with Gasteiger partial charge in [0.05, 0.1) is 0 Å². The Morgan fingerprint density at radius 2 is 2.42 bits per heavy atom. The highest BCUT2D eigenvalue weighted by Crippen LogP contribution is 2.18. The monoisotopic (exact) mass is 166 g/mol. The molecule has 0 amide bonds. The summed E-state index contributed by atoms with van der Waals surface area (Å²) in [7, 11) is 0. The lowest BCUT2D eigenvalue weighted by atomic mass is 9.93. The third kappa shape index (κ3) is 2.08. The highest BCUT2D eigenvalue weighted by atomic mass is 14.9. The molecule has 0 aromatic heterocycles. The topological polar surface area (TPSA) is 24.1 Å². The number of hydrogen-bond acceptors (Lipinski definition) is 2. The van der Waals surface area contributed by atoms with Crippen LogP contribution in [0.25, 0.3) is 0 Å². The van der Waals surface area contributed by atoms with E-state index in [-0.39, 0.29) is 0 Å². The summed E-state index contributed by atoms with van der Waals surface area (Å²) in [6.07, 6.45) is 7.78. The zero-order valence-electron chi connectivity index (χ0n) is 7.60. The van der Waals surface area contributed by atoms with Crippen LogP contribution in [0.2, 0.25) is 0 Å². The second-order valence-electron chi connectivity index (χ2n) is 3.83. The molecule has 1 heterocycles. The molecule has 0 aromatic carbocycles. The van der Waals surface area contributed by atoms with Gasteiger partial charge in [0, 0.05) is 19.1 Å². The van der Waals surface area contributed by atoms with E-state index in [9.17, 15) is 0 Å². The minimum absolute atomic E-state index is 0.834. The van der Waals surface area contributed by atoms with Crippen LogP contribution in [0, 0.1) is 0 Å². The molecule has 2 N–H and O–H groups in total. The van der Waals surface area contributed by atoms with Crippen LogP contribution in [0.5, 0.6) is 0 Å². The summed E-state index contributed by atoms with van der Waals surface area (Å²) in [6.45, 7) is 3.37. The summed E-state index contributed by atoms with van der Waals surface area (Å²) in [5, 5.41) is 6.92. The fraction of sp³-hybridized carbons (Fsp3) is 0.800. The van der Waals surface area contributed by atoms with Gasteiger partial charge in [-0.3, -0.25) is 0 Å². The predicted octanol–water partition coefficient (Wildman–Crippen LogP) is 1.05. The van der Waals surface area contributed by atoms with Crippen LogP contribution in [0.4, 0.5) is 0 Å². The van der Waals surface area contributed by atoms with Gasteiger partial charge in [0.15, 0.2) is 0 Å². The third-order valence-electron chi connectivity index (χ3n) is 2.88. The SMILES string of the molecule is C1=C(CNC2CCC2)CCNC1. The molecule has 0 unspecified atom stereocenters. The first-order chi connectivity index (χ1) is 5.95. The number of nitrogens with one attached hydrogen (secondary N) is 2. The van der Waals surface area contributed by atoms with E-state index in [2.05, 4.69) is 16.7 Å². The molecule has 12 heavy (non-hydrogen) atoms. The fourth-order valence-electron chi connectivity index (χ4n) is 1.72. The van der Waals surface area contributed by atoms with E-state index >= 15 is 0 Å². The summed E-state index contributed by atoms with van der Waals surface area (Å²) in [6, 6.07) is 0.834. The summed E-state index contributed by atoms with van der Waals surface area (Å²) < 4.78 is 0. The van der Waals surface area contributed by atoms with Crippen LogP contribution in [0.1, 0.15) is 25.7 Å². The largest absolute Gasteiger partial charge is 0.313 e. The first kappa shape index (κ1) is 8.27. The van der Waals surface area contributed by atoms with Crippen molar-refractivity contribution in [3.05, 3.63) is 11.6 Å². The molecule has 0 atom stereocenters. The van der Waals surface area contributed by atoms with E-state index in [0.29, 0.717) is 0 Å². The van der Waals surface area contributed by atoms with E-state index < -0.39 is 0 Å². The number of rotatable bonds is 3. The summed E-state index contributed by atoms with van der Waals surface area (Å²) in [5.74, 6) is 0. The second kappa shape index (κ2) is 4.06. The van der Waals surface area contributed by atoms with Crippen molar-refractivity contribution in [2.75, 3.05) is 19.6 Å². The van der Waals surface area contributed by atoms with Gasteiger partial charge in [-0.05, 0) is 25.8 Å². The van der Waals surface area contributed by atoms with Gasteiger partial charge >= 0.3 is 0 Å². The molecule has 0 aromatic rings. The molecule has 1 aliphatic heterocycles. The fourth-order valence-corrected chi connectivity index (χ4v) is 1.72. The van der Waals surface area contributed by atoms with Crippen LogP contribution in [-0.4, -0.2) is 25.7 Å².